The van der Waals surface area contributed by atoms with E-state index in [0.717, 1.165) is 11.1 Å². The van der Waals surface area contributed by atoms with Crippen LogP contribution in [-0.4, -0.2) is 27.7 Å². The Bertz CT molecular complexity index is 903. The van der Waals surface area contributed by atoms with E-state index in [1.165, 1.54) is 6.26 Å². The molecular weight excluding hydrogens is 520 g/mol. The van der Waals surface area contributed by atoms with Crippen LogP contribution in [0.2, 0.25) is 10.0 Å². The highest BCUT2D eigenvalue weighted by molar-refractivity contribution is 14.0. The zero-order chi connectivity index (χ0) is 19.3. The molecule has 0 spiro atoms. The molecular formula is C18H22Cl2IN3O2S. The van der Waals surface area contributed by atoms with Crippen molar-refractivity contribution in [3.8, 4) is 0 Å². The van der Waals surface area contributed by atoms with E-state index in [1.807, 2.05) is 13.0 Å². The molecule has 0 aliphatic heterocycles. The van der Waals surface area contributed by atoms with Gasteiger partial charge in [0, 0.05) is 29.9 Å². The third kappa shape index (κ3) is 7.14. The van der Waals surface area contributed by atoms with Gasteiger partial charge in [0.15, 0.2) is 15.8 Å². The number of hydrogen-bond donors (Lipinski definition) is 2. The van der Waals surface area contributed by atoms with Crippen molar-refractivity contribution >= 4 is 63.0 Å². The first kappa shape index (κ1) is 24.0. The zero-order valence-corrected chi connectivity index (χ0v) is 19.8. The largest absolute Gasteiger partial charge is 0.352 e. The van der Waals surface area contributed by atoms with Crippen LogP contribution < -0.4 is 10.6 Å². The van der Waals surface area contributed by atoms with Crippen LogP contribution in [0.3, 0.4) is 0 Å². The minimum Gasteiger partial charge on any atom is -0.352 e. The van der Waals surface area contributed by atoms with Crippen LogP contribution in [0.4, 0.5) is 0 Å². The number of nitrogens with one attached hydrogen (secondary N) is 2. The molecule has 2 rings (SSSR count). The summed E-state index contributed by atoms with van der Waals surface area (Å²) in [6.07, 6.45) is 1.19. The Kier molecular flexibility index (Phi) is 9.33. The van der Waals surface area contributed by atoms with Crippen LogP contribution in [-0.2, 0) is 16.4 Å². The number of benzene rings is 2. The van der Waals surface area contributed by atoms with Gasteiger partial charge in [0.05, 0.1) is 10.9 Å². The molecule has 0 saturated heterocycles. The number of nitrogens with zero attached hydrogens (tertiary/aromatic N) is 1. The molecule has 0 aliphatic rings. The fourth-order valence-corrected chi connectivity index (χ4v) is 3.57. The molecule has 2 N–H and O–H groups in total. The normalized spacial score (nSPS) is 12.9. The van der Waals surface area contributed by atoms with E-state index < -0.39 is 9.84 Å². The van der Waals surface area contributed by atoms with Gasteiger partial charge in [-0.1, -0.05) is 41.4 Å². The van der Waals surface area contributed by atoms with E-state index in [2.05, 4.69) is 15.6 Å². The average Bonchev–Trinajstić information content (AvgIpc) is 2.58. The fraction of sp³-hybridized carbons (Fsp3) is 0.278. The lowest BCUT2D eigenvalue weighted by Gasteiger charge is -2.19. The SMILES string of the molecule is CN=C(NCc1ccc(S(C)(=O)=O)cc1)NC(C)c1ccc(Cl)cc1Cl.I. The van der Waals surface area contributed by atoms with Gasteiger partial charge in [0.2, 0.25) is 0 Å². The highest BCUT2D eigenvalue weighted by Crippen LogP contribution is 2.26. The van der Waals surface area contributed by atoms with Crippen molar-refractivity contribution in [1.82, 2.24) is 10.6 Å². The quantitative estimate of drug-likeness (QED) is 0.333. The topological polar surface area (TPSA) is 70.6 Å². The van der Waals surface area contributed by atoms with E-state index in [-0.39, 0.29) is 30.0 Å². The van der Waals surface area contributed by atoms with Gasteiger partial charge in [-0.3, -0.25) is 4.99 Å². The molecule has 0 fully saturated rings. The van der Waals surface area contributed by atoms with Gasteiger partial charge in [0.1, 0.15) is 0 Å². The molecule has 0 aliphatic carbocycles. The highest BCUT2D eigenvalue weighted by atomic mass is 127. The summed E-state index contributed by atoms with van der Waals surface area (Å²) in [5.74, 6) is 0.607. The summed E-state index contributed by atoms with van der Waals surface area (Å²) in [7, 11) is -1.51. The first-order valence-electron chi connectivity index (χ1n) is 7.92. The van der Waals surface area contributed by atoms with Gasteiger partial charge in [-0.15, -0.1) is 24.0 Å². The fourth-order valence-electron chi connectivity index (χ4n) is 2.37. The maximum atomic E-state index is 11.5. The molecule has 1 unspecified atom stereocenters. The summed E-state index contributed by atoms with van der Waals surface area (Å²) in [5.41, 5.74) is 1.86. The first-order valence-corrected chi connectivity index (χ1v) is 10.6. The van der Waals surface area contributed by atoms with Crippen LogP contribution in [0.5, 0.6) is 0 Å². The van der Waals surface area contributed by atoms with Gasteiger partial charge in [-0.2, -0.15) is 0 Å². The standard InChI is InChI=1S/C18H21Cl2N3O2S.HI/c1-12(16-9-6-14(19)10-17(16)20)23-18(21-2)22-11-13-4-7-15(8-5-13)26(3,24)25;/h4-10,12H,11H2,1-3H3,(H2,21,22,23);1H. The lowest BCUT2D eigenvalue weighted by molar-refractivity contribution is 0.602. The van der Waals surface area contributed by atoms with Crippen molar-refractivity contribution in [3.05, 3.63) is 63.6 Å². The Morgan fingerprint density at radius 2 is 1.78 bits per heavy atom. The third-order valence-corrected chi connectivity index (χ3v) is 5.51. The maximum absolute atomic E-state index is 11.5. The summed E-state index contributed by atoms with van der Waals surface area (Å²) in [6.45, 7) is 2.48. The second-order valence-electron chi connectivity index (χ2n) is 5.87. The summed E-state index contributed by atoms with van der Waals surface area (Å²) in [6, 6.07) is 12.0. The van der Waals surface area contributed by atoms with E-state index in [4.69, 9.17) is 23.2 Å². The van der Waals surface area contributed by atoms with Crippen LogP contribution in [0.1, 0.15) is 24.1 Å². The summed E-state index contributed by atoms with van der Waals surface area (Å²) >= 11 is 12.2. The minimum absolute atomic E-state index is 0. The number of aliphatic imine (C=N–C) groups is 1. The van der Waals surface area contributed by atoms with E-state index in [1.54, 1.807) is 43.4 Å². The Morgan fingerprint density at radius 1 is 1.15 bits per heavy atom. The van der Waals surface area contributed by atoms with Gasteiger partial charge in [-0.05, 0) is 42.3 Å². The number of guanidine groups is 1. The average molecular weight is 542 g/mol. The van der Waals surface area contributed by atoms with E-state index in [9.17, 15) is 8.42 Å². The van der Waals surface area contributed by atoms with E-state index in [0.29, 0.717) is 27.4 Å². The Hall–Kier alpha value is -1.03. The minimum atomic E-state index is -3.19. The molecule has 0 aromatic heterocycles. The van der Waals surface area contributed by atoms with Crippen molar-refractivity contribution in [2.45, 2.75) is 24.4 Å². The molecule has 1 atom stereocenters. The molecule has 2 aromatic rings. The predicted molar refractivity (Wildman–Crippen MR) is 123 cm³/mol. The summed E-state index contributed by atoms with van der Waals surface area (Å²) in [5, 5.41) is 7.64. The Balaban J connectivity index is 0.00000364. The van der Waals surface area contributed by atoms with Crippen molar-refractivity contribution in [3.63, 3.8) is 0 Å². The Labute approximate surface area is 187 Å². The van der Waals surface area contributed by atoms with Crippen LogP contribution in [0.15, 0.2) is 52.4 Å². The number of halogens is 3. The maximum Gasteiger partial charge on any atom is 0.191 e. The summed E-state index contributed by atoms with van der Waals surface area (Å²) in [4.78, 5) is 4.50. The van der Waals surface area contributed by atoms with Gasteiger partial charge in [-0.25, -0.2) is 8.42 Å². The second kappa shape index (κ2) is 10.5. The Morgan fingerprint density at radius 3 is 2.30 bits per heavy atom. The monoisotopic (exact) mass is 541 g/mol. The van der Waals surface area contributed by atoms with Crippen LogP contribution >= 0.6 is 47.2 Å². The van der Waals surface area contributed by atoms with Crippen molar-refractivity contribution in [2.24, 2.45) is 4.99 Å². The van der Waals surface area contributed by atoms with Gasteiger partial charge in [0.25, 0.3) is 0 Å². The number of rotatable bonds is 5. The highest BCUT2D eigenvalue weighted by Gasteiger charge is 2.12. The van der Waals surface area contributed by atoms with E-state index >= 15 is 0 Å². The van der Waals surface area contributed by atoms with Gasteiger partial charge < -0.3 is 10.6 Å². The van der Waals surface area contributed by atoms with Crippen LogP contribution in [0.25, 0.3) is 0 Å². The predicted octanol–water partition coefficient (Wildman–Crippen LogP) is 4.44. The molecule has 27 heavy (non-hydrogen) atoms. The van der Waals surface area contributed by atoms with Crippen molar-refractivity contribution < 1.29 is 8.42 Å². The number of hydrogen-bond acceptors (Lipinski definition) is 3. The van der Waals surface area contributed by atoms with Crippen molar-refractivity contribution in [2.75, 3.05) is 13.3 Å². The lowest BCUT2D eigenvalue weighted by atomic mass is 10.1. The molecule has 2 aromatic carbocycles. The smallest absolute Gasteiger partial charge is 0.191 e. The molecule has 0 radical (unpaired) electrons. The summed E-state index contributed by atoms with van der Waals surface area (Å²) < 4.78 is 23.0. The molecule has 0 bridgehead atoms. The molecule has 148 valence electrons. The second-order valence-corrected chi connectivity index (χ2v) is 8.73. The number of sulfone groups is 1. The first-order chi connectivity index (χ1) is 12.2. The molecule has 0 amide bonds. The molecule has 5 nitrogen and oxygen atoms in total. The van der Waals surface area contributed by atoms with Crippen LogP contribution in [0, 0.1) is 0 Å². The zero-order valence-electron chi connectivity index (χ0n) is 15.2. The third-order valence-electron chi connectivity index (χ3n) is 3.82. The molecule has 9 heteroatoms. The lowest BCUT2D eigenvalue weighted by Crippen LogP contribution is -2.38. The van der Waals surface area contributed by atoms with Crippen molar-refractivity contribution in [1.29, 1.82) is 0 Å². The van der Waals surface area contributed by atoms with Gasteiger partial charge >= 0.3 is 0 Å². The molecule has 0 heterocycles. The molecule has 0 saturated carbocycles.